The van der Waals surface area contributed by atoms with Gasteiger partial charge in [0.05, 0.1) is 0 Å². The van der Waals surface area contributed by atoms with E-state index in [2.05, 4.69) is 6.92 Å². The van der Waals surface area contributed by atoms with E-state index in [0.717, 1.165) is 30.0 Å². The van der Waals surface area contributed by atoms with Gasteiger partial charge in [-0.15, -0.1) is 0 Å². The number of rotatable bonds is 3. The van der Waals surface area contributed by atoms with Crippen molar-refractivity contribution in [3.63, 3.8) is 0 Å². The molecule has 1 aliphatic rings. The molecule has 1 aromatic carbocycles. The maximum Gasteiger partial charge on any atom is 0.158 e. The fourth-order valence-corrected chi connectivity index (χ4v) is 2.47. The molecule has 2 nitrogen and oxygen atoms in total. The van der Waals surface area contributed by atoms with E-state index in [-0.39, 0.29) is 11.7 Å². The van der Waals surface area contributed by atoms with Gasteiger partial charge in [-0.3, -0.25) is 4.79 Å². The van der Waals surface area contributed by atoms with E-state index >= 15 is 0 Å². The molecule has 0 aliphatic heterocycles. The quantitative estimate of drug-likeness (QED) is 0.650. The van der Waals surface area contributed by atoms with Crippen LogP contribution in [0.4, 0.5) is 5.69 Å². The van der Waals surface area contributed by atoms with Crippen LogP contribution in [0.15, 0.2) is 30.3 Å². The van der Waals surface area contributed by atoms with E-state index in [1.807, 2.05) is 30.3 Å². The van der Waals surface area contributed by atoms with Crippen LogP contribution in [-0.2, 0) is 4.79 Å². The van der Waals surface area contributed by atoms with Crippen LogP contribution in [0, 0.1) is 11.8 Å². The van der Waals surface area contributed by atoms with Crippen LogP contribution in [0.2, 0.25) is 0 Å². The molecule has 0 aromatic heterocycles. The molecule has 1 fully saturated rings. The molecule has 1 aromatic rings. The molecule has 0 saturated heterocycles. The summed E-state index contributed by atoms with van der Waals surface area (Å²) in [4.78, 5) is 12.0. The Morgan fingerprint density at radius 3 is 2.39 bits per heavy atom. The number of carbonyl (C=O) groups is 1. The standard InChI is InChI=1S/C16H21NO/c1-12-2-7-14(8-3-12)16(18)11-6-13-4-9-15(17)10-5-13/h4-6,9-12,14H,2-3,7-8,17H2,1H3/b11-6+. The van der Waals surface area contributed by atoms with E-state index in [0.29, 0.717) is 0 Å². The van der Waals surface area contributed by atoms with Crippen molar-refractivity contribution in [2.75, 3.05) is 5.73 Å². The molecule has 1 saturated carbocycles. The normalized spacial score (nSPS) is 24.3. The van der Waals surface area contributed by atoms with Gasteiger partial charge in [0.2, 0.25) is 0 Å². The molecular weight excluding hydrogens is 222 g/mol. The van der Waals surface area contributed by atoms with Gasteiger partial charge in [-0.25, -0.2) is 0 Å². The van der Waals surface area contributed by atoms with Gasteiger partial charge in [0, 0.05) is 11.6 Å². The Bertz CT molecular complexity index is 425. The summed E-state index contributed by atoms with van der Waals surface area (Å²) in [5, 5.41) is 0. The minimum atomic E-state index is 0.242. The van der Waals surface area contributed by atoms with Crippen LogP contribution in [0.1, 0.15) is 38.2 Å². The minimum absolute atomic E-state index is 0.242. The third-order valence-corrected chi connectivity index (χ3v) is 3.79. The van der Waals surface area contributed by atoms with Crippen molar-refractivity contribution < 1.29 is 4.79 Å². The second kappa shape index (κ2) is 5.85. The van der Waals surface area contributed by atoms with Crippen LogP contribution >= 0.6 is 0 Å². The summed E-state index contributed by atoms with van der Waals surface area (Å²) in [6.07, 6.45) is 8.09. The minimum Gasteiger partial charge on any atom is -0.399 e. The van der Waals surface area contributed by atoms with Crippen LogP contribution in [0.25, 0.3) is 6.08 Å². The van der Waals surface area contributed by atoms with E-state index in [9.17, 15) is 4.79 Å². The molecule has 0 unspecified atom stereocenters. The van der Waals surface area contributed by atoms with Gasteiger partial charge in [-0.05, 0) is 42.5 Å². The number of allylic oxidation sites excluding steroid dienone is 1. The number of hydrogen-bond donors (Lipinski definition) is 1. The predicted molar refractivity (Wildman–Crippen MR) is 76.0 cm³/mol. The summed E-state index contributed by atoms with van der Waals surface area (Å²) < 4.78 is 0. The number of ketones is 1. The third kappa shape index (κ3) is 3.46. The van der Waals surface area contributed by atoms with Crippen molar-refractivity contribution in [3.05, 3.63) is 35.9 Å². The Kier molecular flexibility index (Phi) is 4.19. The zero-order chi connectivity index (χ0) is 13.0. The first kappa shape index (κ1) is 12.9. The summed E-state index contributed by atoms with van der Waals surface area (Å²) in [5.41, 5.74) is 7.40. The van der Waals surface area contributed by atoms with E-state index < -0.39 is 0 Å². The number of carbonyl (C=O) groups excluding carboxylic acids is 1. The van der Waals surface area contributed by atoms with E-state index in [1.54, 1.807) is 6.08 Å². The number of hydrogen-bond acceptors (Lipinski definition) is 2. The molecule has 2 rings (SSSR count). The Hall–Kier alpha value is -1.57. The molecule has 2 N–H and O–H groups in total. The summed E-state index contributed by atoms with van der Waals surface area (Å²) in [6.45, 7) is 2.27. The van der Waals surface area contributed by atoms with Crippen molar-refractivity contribution >= 4 is 17.5 Å². The molecule has 2 heteroatoms. The zero-order valence-corrected chi connectivity index (χ0v) is 10.9. The number of anilines is 1. The van der Waals surface area contributed by atoms with Crippen LogP contribution < -0.4 is 5.73 Å². The molecule has 96 valence electrons. The van der Waals surface area contributed by atoms with E-state index in [1.165, 1.54) is 12.8 Å². The van der Waals surface area contributed by atoms with Gasteiger partial charge in [-0.1, -0.05) is 38.0 Å². The zero-order valence-electron chi connectivity index (χ0n) is 10.9. The van der Waals surface area contributed by atoms with Crippen LogP contribution in [0.5, 0.6) is 0 Å². The highest BCUT2D eigenvalue weighted by atomic mass is 16.1. The van der Waals surface area contributed by atoms with Crippen molar-refractivity contribution in [3.8, 4) is 0 Å². The molecular formula is C16H21NO. The summed E-state index contributed by atoms with van der Waals surface area (Å²) in [5.74, 6) is 1.31. The van der Waals surface area contributed by atoms with Gasteiger partial charge in [0.1, 0.15) is 0 Å². The fraction of sp³-hybridized carbons (Fsp3) is 0.438. The number of nitrogens with two attached hydrogens (primary N) is 1. The Balaban J connectivity index is 1.92. The van der Waals surface area contributed by atoms with Crippen LogP contribution in [0.3, 0.4) is 0 Å². The lowest BCUT2D eigenvalue weighted by molar-refractivity contribution is -0.119. The molecule has 18 heavy (non-hydrogen) atoms. The molecule has 1 aliphatic carbocycles. The average molecular weight is 243 g/mol. The first-order chi connectivity index (χ1) is 8.65. The molecule has 0 bridgehead atoms. The topological polar surface area (TPSA) is 43.1 Å². The smallest absolute Gasteiger partial charge is 0.158 e. The Morgan fingerprint density at radius 2 is 1.78 bits per heavy atom. The Morgan fingerprint density at radius 1 is 1.17 bits per heavy atom. The predicted octanol–water partition coefficient (Wildman–Crippen LogP) is 3.68. The largest absolute Gasteiger partial charge is 0.399 e. The maximum atomic E-state index is 12.0. The molecule has 0 radical (unpaired) electrons. The Labute approximate surface area is 109 Å². The lowest BCUT2D eigenvalue weighted by Gasteiger charge is -2.23. The molecule has 0 heterocycles. The second-order valence-electron chi connectivity index (χ2n) is 5.36. The number of nitrogen functional groups attached to an aromatic ring is 1. The van der Waals surface area contributed by atoms with Gasteiger partial charge < -0.3 is 5.73 Å². The summed E-state index contributed by atoms with van der Waals surface area (Å²) >= 11 is 0. The fourth-order valence-electron chi connectivity index (χ4n) is 2.47. The second-order valence-corrected chi connectivity index (χ2v) is 5.36. The molecule has 0 atom stereocenters. The summed E-state index contributed by atoms with van der Waals surface area (Å²) in [7, 11) is 0. The first-order valence-electron chi connectivity index (χ1n) is 6.72. The van der Waals surface area contributed by atoms with E-state index in [4.69, 9.17) is 5.73 Å². The van der Waals surface area contributed by atoms with Gasteiger partial charge in [-0.2, -0.15) is 0 Å². The van der Waals surface area contributed by atoms with Gasteiger partial charge in [0.25, 0.3) is 0 Å². The monoisotopic (exact) mass is 243 g/mol. The number of benzene rings is 1. The first-order valence-corrected chi connectivity index (χ1v) is 6.72. The van der Waals surface area contributed by atoms with Crippen molar-refractivity contribution in [2.24, 2.45) is 11.8 Å². The average Bonchev–Trinajstić information content (AvgIpc) is 2.38. The maximum absolute atomic E-state index is 12.0. The van der Waals surface area contributed by atoms with Crippen molar-refractivity contribution in [2.45, 2.75) is 32.6 Å². The lowest BCUT2D eigenvalue weighted by Crippen LogP contribution is -2.19. The molecule has 0 spiro atoms. The highest BCUT2D eigenvalue weighted by Gasteiger charge is 2.22. The van der Waals surface area contributed by atoms with Crippen LogP contribution in [-0.4, -0.2) is 5.78 Å². The summed E-state index contributed by atoms with van der Waals surface area (Å²) in [6, 6.07) is 7.57. The highest BCUT2D eigenvalue weighted by molar-refractivity contribution is 5.95. The van der Waals surface area contributed by atoms with Crippen molar-refractivity contribution in [1.29, 1.82) is 0 Å². The third-order valence-electron chi connectivity index (χ3n) is 3.79. The van der Waals surface area contributed by atoms with Gasteiger partial charge >= 0.3 is 0 Å². The molecule has 0 amide bonds. The SMILES string of the molecule is CC1CCC(C(=O)/C=C/c2ccc(N)cc2)CC1. The lowest BCUT2D eigenvalue weighted by atomic mass is 9.81. The van der Waals surface area contributed by atoms with Gasteiger partial charge in [0.15, 0.2) is 5.78 Å². The van der Waals surface area contributed by atoms with Crippen molar-refractivity contribution in [1.82, 2.24) is 0 Å². The highest BCUT2D eigenvalue weighted by Crippen LogP contribution is 2.29.